The second-order valence-electron chi connectivity index (χ2n) is 5.42. The van der Waals surface area contributed by atoms with Gasteiger partial charge in [-0.15, -0.1) is 0 Å². The molecular formula is C14H17ClFNO. The molecule has 1 saturated carbocycles. The van der Waals surface area contributed by atoms with Gasteiger partial charge in [0.1, 0.15) is 17.2 Å². The van der Waals surface area contributed by atoms with Crippen molar-refractivity contribution in [2.75, 3.05) is 13.1 Å². The third-order valence-corrected chi connectivity index (χ3v) is 4.15. The van der Waals surface area contributed by atoms with Gasteiger partial charge in [-0.1, -0.05) is 11.6 Å². The summed E-state index contributed by atoms with van der Waals surface area (Å²) < 4.78 is 19.1. The maximum absolute atomic E-state index is 13.1. The van der Waals surface area contributed by atoms with Crippen LogP contribution in [0.5, 0.6) is 5.75 Å². The fourth-order valence-electron chi connectivity index (χ4n) is 2.69. The maximum atomic E-state index is 13.1. The van der Waals surface area contributed by atoms with E-state index in [2.05, 4.69) is 5.32 Å². The molecule has 98 valence electrons. The Morgan fingerprint density at radius 3 is 2.89 bits per heavy atom. The lowest BCUT2D eigenvalue weighted by molar-refractivity contribution is 0.148. The monoisotopic (exact) mass is 269 g/mol. The van der Waals surface area contributed by atoms with Crippen LogP contribution in [0.25, 0.3) is 0 Å². The minimum atomic E-state index is -0.395. The minimum absolute atomic E-state index is 0.0160. The second-order valence-corrected chi connectivity index (χ2v) is 5.83. The van der Waals surface area contributed by atoms with Gasteiger partial charge in [0, 0.05) is 6.07 Å². The molecule has 0 bridgehead atoms. The smallest absolute Gasteiger partial charge is 0.142 e. The molecule has 1 aromatic rings. The summed E-state index contributed by atoms with van der Waals surface area (Å²) in [4.78, 5) is 0. The Bertz CT molecular complexity index is 441. The van der Waals surface area contributed by atoms with Crippen LogP contribution < -0.4 is 10.1 Å². The summed E-state index contributed by atoms with van der Waals surface area (Å²) in [7, 11) is 0. The number of rotatable bonds is 4. The van der Waals surface area contributed by atoms with Crippen molar-refractivity contribution in [1.29, 1.82) is 0 Å². The summed E-state index contributed by atoms with van der Waals surface area (Å²) in [5.41, 5.74) is -0.0160. The average Bonchev–Trinajstić information content (AvgIpc) is 2.88. The summed E-state index contributed by atoms with van der Waals surface area (Å²) in [5, 5.41) is 3.51. The predicted octanol–water partition coefficient (Wildman–Crippen LogP) is 3.39. The highest BCUT2D eigenvalue weighted by Crippen LogP contribution is 2.46. The van der Waals surface area contributed by atoms with E-state index >= 15 is 0 Å². The van der Waals surface area contributed by atoms with E-state index in [9.17, 15) is 4.39 Å². The van der Waals surface area contributed by atoms with Crippen molar-refractivity contribution in [3.8, 4) is 5.75 Å². The molecule has 1 aromatic carbocycles. The summed E-state index contributed by atoms with van der Waals surface area (Å²) in [6, 6.07) is 4.60. The molecule has 0 radical (unpaired) electrons. The van der Waals surface area contributed by atoms with E-state index in [0.717, 1.165) is 32.4 Å². The van der Waals surface area contributed by atoms with Gasteiger partial charge in [-0.25, -0.2) is 4.39 Å². The first-order chi connectivity index (χ1) is 8.67. The van der Waals surface area contributed by atoms with Crippen molar-refractivity contribution in [3.63, 3.8) is 0 Å². The van der Waals surface area contributed by atoms with Crippen molar-refractivity contribution in [1.82, 2.24) is 5.32 Å². The molecule has 2 fully saturated rings. The lowest BCUT2D eigenvalue weighted by atomic mass is 9.99. The average molecular weight is 270 g/mol. The van der Waals surface area contributed by atoms with Crippen LogP contribution in [0.15, 0.2) is 18.2 Å². The molecular weight excluding hydrogens is 253 g/mol. The van der Waals surface area contributed by atoms with Crippen LogP contribution in [0.3, 0.4) is 0 Å². The van der Waals surface area contributed by atoms with E-state index in [4.69, 9.17) is 16.3 Å². The molecule has 0 aromatic heterocycles. The molecule has 1 aliphatic carbocycles. The molecule has 18 heavy (non-hydrogen) atoms. The van der Waals surface area contributed by atoms with Gasteiger partial charge in [0.15, 0.2) is 0 Å². The highest BCUT2D eigenvalue weighted by molar-refractivity contribution is 6.30. The molecule has 1 saturated heterocycles. The number of benzene rings is 1. The molecule has 1 aliphatic heterocycles. The first-order valence-corrected chi connectivity index (χ1v) is 6.89. The minimum Gasteiger partial charge on any atom is -0.487 e. The first kappa shape index (κ1) is 12.2. The molecule has 1 unspecified atom stereocenters. The topological polar surface area (TPSA) is 21.3 Å². The van der Waals surface area contributed by atoms with Crippen molar-refractivity contribution < 1.29 is 9.13 Å². The molecule has 1 atom stereocenters. The van der Waals surface area contributed by atoms with Crippen LogP contribution in [0.1, 0.15) is 25.7 Å². The van der Waals surface area contributed by atoms with Gasteiger partial charge in [0.2, 0.25) is 0 Å². The predicted molar refractivity (Wildman–Crippen MR) is 69.6 cm³/mol. The number of nitrogens with one attached hydrogen (secondary N) is 1. The Morgan fingerprint density at radius 1 is 1.44 bits per heavy atom. The van der Waals surface area contributed by atoms with E-state index < -0.39 is 5.82 Å². The van der Waals surface area contributed by atoms with E-state index in [-0.39, 0.29) is 10.6 Å². The summed E-state index contributed by atoms with van der Waals surface area (Å²) >= 11 is 5.77. The van der Waals surface area contributed by atoms with Crippen molar-refractivity contribution in [2.24, 2.45) is 5.92 Å². The molecule has 1 N–H and O–H groups in total. The van der Waals surface area contributed by atoms with Gasteiger partial charge in [0.25, 0.3) is 0 Å². The molecule has 4 heteroatoms. The van der Waals surface area contributed by atoms with Gasteiger partial charge in [0.05, 0.1) is 5.02 Å². The second kappa shape index (κ2) is 4.71. The van der Waals surface area contributed by atoms with Crippen molar-refractivity contribution in [2.45, 2.75) is 31.3 Å². The van der Waals surface area contributed by atoms with Crippen molar-refractivity contribution in [3.05, 3.63) is 29.0 Å². The zero-order chi connectivity index (χ0) is 12.6. The van der Waals surface area contributed by atoms with E-state index in [1.807, 2.05) is 0 Å². The molecule has 2 aliphatic rings. The highest BCUT2D eigenvalue weighted by atomic mass is 35.5. The summed E-state index contributed by atoms with van der Waals surface area (Å²) in [6.07, 6.45) is 4.52. The lowest BCUT2D eigenvalue weighted by Gasteiger charge is -2.21. The van der Waals surface area contributed by atoms with E-state index in [1.165, 1.54) is 12.5 Å². The fourth-order valence-corrected chi connectivity index (χ4v) is 2.86. The quantitative estimate of drug-likeness (QED) is 0.905. The molecule has 3 rings (SSSR count). The number of hydrogen-bond acceptors (Lipinski definition) is 2. The Morgan fingerprint density at radius 2 is 2.28 bits per heavy atom. The zero-order valence-corrected chi connectivity index (χ0v) is 11.0. The summed E-state index contributed by atoms with van der Waals surface area (Å²) in [6.45, 7) is 2.21. The molecule has 1 heterocycles. The van der Waals surface area contributed by atoms with Gasteiger partial charge in [-0.2, -0.15) is 0 Å². The highest BCUT2D eigenvalue weighted by Gasteiger charge is 2.47. The zero-order valence-electron chi connectivity index (χ0n) is 10.2. The van der Waals surface area contributed by atoms with Gasteiger partial charge in [-0.3, -0.25) is 0 Å². The fraction of sp³-hybridized carbons (Fsp3) is 0.571. The van der Waals surface area contributed by atoms with E-state index in [1.54, 1.807) is 12.1 Å². The normalized spacial score (nSPS) is 25.1. The van der Waals surface area contributed by atoms with Crippen LogP contribution in [-0.2, 0) is 0 Å². The van der Waals surface area contributed by atoms with Crippen LogP contribution in [0, 0.1) is 11.7 Å². The Balaban J connectivity index is 1.65. The van der Waals surface area contributed by atoms with Crippen LogP contribution in [0.2, 0.25) is 5.02 Å². The Hall–Kier alpha value is -0.800. The van der Waals surface area contributed by atoms with Gasteiger partial charge >= 0.3 is 0 Å². The first-order valence-electron chi connectivity index (χ1n) is 6.52. The number of ether oxygens (including phenoxy) is 1. The maximum Gasteiger partial charge on any atom is 0.142 e. The van der Waals surface area contributed by atoms with Crippen molar-refractivity contribution >= 4 is 11.6 Å². The van der Waals surface area contributed by atoms with Gasteiger partial charge in [-0.05, 0) is 56.8 Å². The Kier molecular flexibility index (Phi) is 3.20. The summed E-state index contributed by atoms with van der Waals surface area (Å²) in [5.74, 6) is 1.00. The SMILES string of the molecule is Fc1ccc(OC2(CC3CCNC3)CC2)cc1Cl. The van der Waals surface area contributed by atoms with Crippen LogP contribution in [-0.4, -0.2) is 18.7 Å². The van der Waals surface area contributed by atoms with E-state index in [0.29, 0.717) is 11.7 Å². The number of halogens is 2. The van der Waals surface area contributed by atoms with Crippen LogP contribution >= 0.6 is 11.6 Å². The van der Waals surface area contributed by atoms with Crippen LogP contribution in [0.4, 0.5) is 4.39 Å². The third-order valence-electron chi connectivity index (χ3n) is 3.86. The van der Waals surface area contributed by atoms with Gasteiger partial charge < -0.3 is 10.1 Å². The standard InChI is InChI=1S/C14H17ClFNO/c15-12-7-11(1-2-13(12)16)18-14(4-5-14)8-10-3-6-17-9-10/h1-2,7,10,17H,3-6,8-9H2. The molecule has 0 amide bonds. The third kappa shape index (κ3) is 2.62. The molecule has 0 spiro atoms. The Labute approximate surface area is 111 Å². The number of hydrogen-bond donors (Lipinski definition) is 1. The lowest BCUT2D eigenvalue weighted by Crippen LogP contribution is -2.23. The molecule has 2 nitrogen and oxygen atoms in total. The largest absolute Gasteiger partial charge is 0.487 e.